The van der Waals surface area contributed by atoms with Gasteiger partial charge in [0.05, 0.1) is 0 Å². The normalized spacial score (nSPS) is 20.8. The molecule has 0 bridgehead atoms. The smallest absolute Gasteiger partial charge is 0.331 e. The maximum atomic E-state index is 10.8. The van der Waals surface area contributed by atoms with Crippen LogP contribution >= 0.6 is 0 Å². The van der Waals surface area contributed by atoms with Gasteiger partial charge < -0.3 is 10.0 Å². The van der Waals surface area contributed by atoms with Crippen molar-refractivity contribution in [2.75, 3.05) is 39.8 Å². The van der Waals surface area contributed by atoms with Crippen molar-refractivity contribution in [1.82, 2.24) is 9.80 Å². The Labute approximate surface area is 97.5 Å². The molecule has 1 N–H and O–H groups in total. The van der Waals surface area contributed by atoms with Crippen LogP contribution in [0.25, 0.3) is 0 Å². The Balaban J connectivity index is 2.44. The quantitative estimate of drug-likeness (QED) is 0.728. The Bertz CT molecular complexity index is 264. The lowest BCUT2D eigenvalue weighted by Gasteiger charge is -2.18. The van der Waals surface area contributed by atoms with Crippen molar-refractivity contribution in [1.29, 1.82) is 0 Å². The zero-order valence-corrected chi connectivity index (χ0v) is 10.3. The Morgan fingerprint density at radius 2 is 2.06 bits per heavy atom. The van der Waals surface area contributed by atoms with E-state index in [1.165, 1.54) is 6.42 Å². The predicted molar refractivity (Wildman–Crippen MR) is 64.6 cm³/mol. The zero-order valence-electron chi connectivity index (χ0n) is 10.3. The molecule has 0 saturated carbocycles. The molecule has 4 nitrogen and oxygen atoms in total. The molecule has 1 fully saturated rings. The van der Waals surface area contributed by atoms with Gasteiger partial charge in [0, 0.05) is 25.2 Å². The van der Waals surface area contributed by atoms with Crippen molar-refractivity contribution >= 4 is 5.97 Å². The van der Waals surface area contributed by atoms with Gasteiger partial charge in [0.15, 0.2) is 0 Å². The van der Waals surface area contributed by atoms with E-state index in [9.17, 15) is 4.79 Å². The molecule has 0 unspecified atom stereocenters. The van der Waals surface area contributed by atoms with Crippen molar-refractivity contribution in [3.63, 3.8) is 0 Å². The number of aliphatic carboxylic acids is 1. The molecule has 1 aliphatic rings. The molecule has 0 amide bonds. The first kappa shape index (κ1) is 13.2. The molecule has 0 aromatic heterocycles. The van der Waals surface area contributed by atoms with Crippen LogP contribution in [-0.2, 0) is 4.79 Å². The van der Waals surface area contributed by atoms with Gasteiger partial charge in [0.2, 0.25) is 0 Å². The van der Waals surface area contributed by atoms with E-state index in [1.54, 1.807) is 0 Å². The molecule has 1 rings (SSSR count). The number of likely N-dealkylation sites (N-methyl/N-ethyl adjacent to an activating group) is 1. The second kappa shape index (κ2) is 6.66. The highest BCUT2D eigenvalue weighted by Gasteiger charge is 2.11. The first-order valence-electron chi connectivity index (χ1n) is 5.96. The first-order valence-corrected chi connectivity index (χ1v) is 5.96. The Hall–Kier alpha value is -0.870. The summed E-state index contributed by atoms with van der Waals surface area (Å²) in [6.07, 6.45) is 3.62. The average Bonchev–Trinajstić information content (AvgIpc) is 2.44. The molecule has 0 atom stereocenters. The molecule has 92 valence electrons. The summed E-state index contributed by atoms with van der Waals surface area (Å²) in [5.41, 5.74) is 0.526. The fourth-order valence-corrected chi connectivity index (χ4v) is 1.90. The predicted octanol–water partition coefficient (Wildman–Crippen LogP) is 1.04. The molecule has 1 aliphatic heterocycles. The van der Waals surface area contributed by atoms with Gasteiger partial charge in [-0.3, -0.25) is 4.90 Å². The van der Waals surface area contributed by atoms with Crippen LogP contribution in [0.15, 0.2) is 11.6 Å². The summed E-state index contributed by atoms with van der Waals surface area (Å²) >= 11 is 0. The molecule has 4 heteroatoms. The van der Waals surface area contributed by atoms with Gasteiger partial charge >= 0.3 is 5.97 Å². The standard InChI is InChI=1S/C12H22N2O2/c1-3-11(12(15)16)5-8-14-7-4-6-13(2)9-10-14/h5H,3-4,6-10H2,1-2H3,(H,15,16). The fourth-order valence-electron chi connectivity index (χ4n) is 1.90. The maximum Gasteiger partial charge on any atom is 0.331 e. The number of carbonyl (C=O) groups is 1. The Kier molecular flexibility index (Phi) is 5.49. The van der Waals surface area contributed by atoms with E-state index in [2.05, 4.69) is 16.8 Å². The number of carboxylic acids is 1. The minimum Gasteiger partial charge on any atom is -0.478 e. The second-order valence-electron chi connectivity index (χ2n) is 4.35. The molecule has 0 aliphatic carbocycles. The third-order valence-corrected chi connectivity index (χ3v) is 3.06. The average molecular weight is 226 g/mol. The van der Waals surface area contributed by atoms with Gasteiger partial charge in [-0.2, -0.15) is 0 Å². The van der Waals surface area contributed by atoms with E-state index >= 15 is 0 Å². The molecule has 1 heterocycles. The van der Waals surface area contributed by atoms with Crippen molar-refractivity contribution in [2.45, 2.75) is 19.8 Å². The molecule has 0 aromatic rings. The number of hydrogen-bond acceptors (Lipinski definition) is 3. The van der Waals surface area contributed by atoms with E-state index in [4.69, 9.17) is 5.11 Å². The second-order valence-corrected chi connectivity index (χ2v) is 4.35. The van der Waals surface area contributed by atoms with Crippen LogP contribution in [0.1, 0.15) is 19.8 Å². The van der Waals surface area contributed by atoms with Crippen LogP contribution in [-0.4, -0.2) is 60.6 Å². The summed E-state index contributed by atoms with van der Waals surface area (Å²) in [6, 6.07) is 0. The monoisotopic (exact) mass is 226 g/mol. The number of nitrogens with zero attached hydrogens (tertiary/aromatic N) is 2. The zero-order chi connectivity index (χ0) is 12.0. The van der Waals surface area contributed by atoms with E-state index < -0.39 is 5.97 Å². The first-order chi connectivity index (χ1) is 7.63. The van der Waals surface area contributed by atoms with E-state index in [1.807, 2.05) is 13.0 Å². The van der Waals surface area contributed by atoms with Gasteiger partial charge in [-0.15, -0.1) is 0 Å². The lowest BCUT2D eigenvalue weighted by atomic mass is 10.2. The van der Waals surface area contributed by atoms with Gasteiger partial charge in [0.25, 0.3) is 0 Å². The van der Waals surface area contributed by atoms with Crippen molar-refractivity contribution < 1.29 is 9.90 Å². The van der Waals surface area contributed by atoms with Crippen LogP contribution < -0.4 is 0 Å². The summed E-state index contributed by atoms with van der Waals surface area (Å²) in [7, 11) is 2.13. The topological polar surface area (TPSA) is 43.8 Å². The highest BCUT2D eigenvalue weighted by molar-refractivity contribution is 5.86. The molecule has 0 radical (unpaired) electrons. The number of rotatable bonds is 4. The third kappa shape index (κ3) is 4.33. The Morgan fingerprint density at radius 1 is 1.31 bits per heavy atom. The van der Waals surface area contributed by atoms with E-state index in [-0.39, 0.29) is 0 Å². The van der Waals surface area contributed by atoms with Gasteiger partial charge in [-0.25, -0.2) is 4.79 Å². The minimum atomic E-state index is -0.783. The van der Waals surface area contributed by atoms with Crippen molar-refractivity contribution in [2.24, 2.45) is 0 Å². The largest absolute Gasteiger partial charge is 0.478 e. The highest BCUT2D eigenvalue weighted by atomic mass is 16.4. The van der Waals surface area contributed by atoms with Crippen LogP contribution in [0, 0.1) is 0 Å². The fraction of sp³-hybridized carbons (Fsp3) is 0.750. The summed E-state index contributed by atoms with van der Waals surface area (Å²) in [5.74, 6) is -0.783. The minimum absolute atomic E-state index is 0.526. The summed E-state index contributed by atoms with van der Waals surface area (Å²) in [6.45, 7) is 6.96. The molecule has 16 heavy (non-hydrogen) atoms. The van der Waals surface area contributed by atoms with Crippen LogP contribution in [0.2, 0.25) is 0 Å². The third-order valence-electron chi connectivity index (χ3n) is 3.06. The molecular weight excluding hydrogens is 204 g/mol. The molecule has 0 spiro atoms. The van der Waals surface area contributed by atoms with Gasteiger partial charge in [-0.1, -0.05) is 13.0 Å². The van der Waals surface area contributed by atoms with Crippen molar-refractivity contribution in [3.05, 3.63) is 11.6 Å². The van der Waals surface area contributed by atoms with E-state index in [0.29, 0.717) is 12.0 Å². The Morgan fingerprint density at radius 3 is 2.69 bits per heavy atom. The summed E-state index contributed by atoms with van der Waals surface area (Å²) in [4.78, 5) is 15.5. The summed E-state index contributed by atoms with van der Waals surface area (Å²) in [5, 5.41) is 8.91. The van der Waals surface area contributed by atoms with Crippen LogP contribution in [0.4, 0.5) is 0 Å². The SMILES string of the molecule is CCC(=CCN1CCCN(C)CC1)C(=O)O. The molecule has 1 saturated heterocycles. The summed E-state index contributed by atoms with van der Waals surface area (Å²) < 4.78 is 0. The van der Waals surface area contributed by atoms with Gasteiger partial charge in [0.1, 0.15) is 0 Å². The highest BCUT2D eigenvalue weighted by Crippen LogP contribution is 2.04. The number of hydrogen-bond donors (Lipinski definition) is 1. The maximum absolute atomic E-state index is 10.8. The van der Waals surface area contributed by atoms with Crippen molar-refractivity contribution in [3.8, 4) is 0 Å². The molecule has 0 aromatic carbocycles. The van der Waals surface area contributed by atoms with Gasteiger partial charge in [-0.05, 0) is 33.0 Å². The van der Waals surface area contributed by atoms with Crippen LogP contribution in [0.3, 0.4) is 0 Å². The number of carboxylic acid groups (broad SMARTS) is 1. The lowest BCUT2D eigenvalue weighted by Crippen LogP contribution is -2.29. The lowest BCUT2D eigenvalue weighted by molar-refractivity contribution is -0.132. The van der Waals surface area contributed by atoms with E-state index in [0.717, 1.165) is 32.7 Å². The molecular formula is C12H22N2O2. The van der Waals surface area contributed by atoms with Crippen LogP contribution in [0.5, 0.6) is 0 Å².